The van der Waals surface area contributed by atoms with Crippen LogP contribution >= 0.6 is 0 Å². The molecule has 25 heavy (non-hydrogen) atoms. The van der Waals surface area contributed by atoms with E-state index in [0.29, 0.717) is 11.1 Å². The third kappa shape index (κ3) is 3.40. The molecule has 0 bridgehead atoms. The molecular formula is C20H20N2O3. The Labute approximate surface area is 145 Å². The summed E-state index contributed by atoms with van der Waals surface area (Å²) in [7, 11) is 1.57. The van der Waals surface area contributed by atoms with Gasteiger partial charge in [0, 0.05) is 17.3 Å². The zero-order chi connectivity index (χ0) is 18.0. The molecule has 0 unspecified atom stereocenters. The summed E-state index contributed by atoms with van der Waals surface area (Å²) in [5, 5.41) is 4.14. The number of hydrogen-bond donors (Lipinski definition) is 1. The molecule has 0 fully saturated rings. The van der Waals surface area contributed by atoms with E-state index in [1.165, 1.54) is 4.57 Å². The molecule has 0 aliphatic heterocycles. The molecule has 5 heteroatoms. The molecule has 5 nitrogen and oxygen atoms in total. The number of hydrogen-bond acceptors (Lipinski definition) is 3. The number of pyridine rings is 1. The minimum atomic E-state index is -0.238. The summed E-state index contributed by atoms with van der Waals surface area (Å²) in [6, 6.07) is 13.0. The van der Waals surface area contributed by atoms with Crippen molar-refractivity contribution in [1.82, 2.24) is 4.57 Å². The Morgan fingerprint density at radius 1 is 1.12 bits per heavy atom. The SMILES string of the molecule is COc1cccc2c(=O)n(CC(=O)Nc3cc(C)ccc3C)ccc12. The van der Waals surface area contributed by atoms with Gasteiger partial charge in [0.15, 0.2) is 0 Å². The van der Waals surface area contributed by atoms with Crippen molar-refractivity contribution in [1.29, 1.82) is 0 Å². The van der Waals surface area contributed by atoms with E-state index in [1.54, 1.807) is 37.6 Å². The van der Waals surface area contributed by atoms with Gasteiger partial charge in [-0.2, -0.15) is 0 Å². The van der Waals surface area contributed by atoms with Gasteiger partial charge in [0.2, 0.25) is 5.91 Å². The topological polar surface area (TPSA) is 60.3 Å². The molecule has 128 valence electrons. The molecule has 3 rings (SSSR count). The number of aryl methyl sites for hydroxylation is 2. The van der Waals surface area contributed by atoms with Crippen LogP contribution in [0.4, 0.5) is 5.69 Å². The van der Waals surface area contributed by atoms with Crippen molar-refractivity contribution in [3.8, 4) is 5.75 Å². The first-order valence-corrected chi connectivity index (χ1v) is 8.03. The Morgan fingerprint density at radius 2 is 1.92 bits per heavy atom. The predicted octanol–water partition coefficient (Wildman–Crippen LogP) is 3.27. The van der Waals surface area contributed by atoms with Crippen LogP contribution in [0, 0.1) is 13.8 Å². The van der Waals surface area contributed by atoms with Crippen molar-refractivity contribution in [2.24, 2.45) is 0 Å². The number of nitrogens with zero attached hydrogens (tertiary/aromatic N) is 1. The van der Waals surface area contributed by atoms with Crippen LogP contribution in [0.2, 0.25) is 0 Å². The Balaban J connectivity index is 1.88. The maximum Gasteiger partial charge on any atom is 0.259 e. The van der Waals surface area contributed by atoms with Crippen LogP contribution in [0.25, 0.3) is 10.8 Å². The number of nitrogens with one attached hydrogen (secondary N) is 1. The third-order valence-electron chi connectivity index (χ3n) is 4.18. The number of methoxy groups -OCH3 is 1. The molecule has 3 aromatic rings. The van der Waals surface area contributed by atoms with Gasteiger partial charge in [-0.3, -0.25) is 9.59 Å². The molecular weight excluding hydrogens is 316 g/mol. The van der Waals surface area contributed by atoms with E-state index in [1.807, 2.05) is 32.0 Å². The Bertz CT molecular complexity index is 1010. The molecule has 0 spiro atoms. The highest BCUT2D eigenvalue weighted by molar-refractivity contribution is 5.92. The Kier molecular flexibility index (Phi) is 4.57. The Hall–Kier alpha value is -3.08. The highest BCUT2D eigenvalue weighted by Gasteiger charge is 2.10. The second kappa shape index (κ2) is 6.81. The number of fused-ring (bicyclic) bond motifs is 1. The quantitative estimate of drug-likeness (QED) is 0.795. The van der Waals surface area contributed by atoms with Gasteiger partial charge in [-0.15, -0.1) is 0 Å². The average Bonchev–Trinajstić information content (AvgIpc) is 2.60. The minimum absolute atomic E-state index is 0.0423. The van der Waals surface area contributed by atoms with E-state index in [9.17, 15) is 9.59 Å². The number of carbonyl (C=O) groups excluding carboxylic acids is 1. The third-order valence-corrected chi connectivity index (χ3v) is 4.18. The number of anilines is 1. The molecule has 0 saturated carbocycles. The molecule has 0 saturated heterocycles. The van der Waals surface area contributed by atoms with Crippen LogP contribution in [0.5, 0.6) is 5.75 Å². The van der Waals surface area contributed by atoms with E-state index < -0.39 is 0 Å². The van der Waals surface area contributed by atoms with E-state index in [4.69, 9.17) is 4.74 Å². The van der Waals surface area contributed by atoms with Gasteiger partial charge in [0.1, 0.15) is 12.3 Å². The summed E-state index contributed by atoms with van der Waals surface area (Å²) >= 11 is 0. The van der Waals surface area contributed by atoms with Crippen LogP contribution in [0.3, 0.4) is 0 Å². The highest BCUT2D eigenvalue weighted by Crippen LogP contribution is 2.22. The van der Waals surface area contributed by atoms with Crippen molar-refractivity contribution in [2.75, 3.05) is 12.4 Å². The molecule has 0 aliphatic rings. The predicted molar refractivity (Wildman–Crippen MR) is 99.3 cm³/mol. The monoisotopic (exact) mass is 336 g/mol. The molecule has 0 atom stereocenters. The molecule has 0 radical (unpaired) electrons. The summed E-state index contributed by atoms with van der Waals surface area (Å²) in [5.74, 6) is 0.402. The van der Waals surface area contributed by atoms with Crippen LogP contribution < -0.4 is 15.6 Å². The number of carbonyl (C=O) groups is 1. The van der Waals surface area contributed by atoms with Crippen molar-refractivity contribution < 1.29 is 9.53 Å². The van der Waals surface area contributed by atoms with Gasteiger partial charge < -0.3 is 14.6 Å². The fourth-order valence-corrected chi connectivity index (χ4v) is 2.81. The van der Waals surface area contributed by atoms with Crippen molar-refractivity contribution >= 4 is 22.4 Å². The lowest BCUT2D eigenvalue weighted by Crippen LogP contribution is -2.27. The fraction of sp³-hybridized carbons (Fsp3) is 0.200. The summed E-state index contributed by atoms with van der Waals surface area (Å²) in [5.41, 5.74) is 2.60. The second-order valence-corrected chi connectivity index (χ2v) is 6.04. The molecule has 1 N–H and O–H groups in total. The lowest BCUT2D eigenvalue weighted by molar-refractivity contribution is -0.116. The molecule has 2 aromatic carbocycles. The highest BCUT2D eigenvalue weighted by atomic mass is 16.5. The maximum absolute atomic E-state index is 12.6. The van der Waals surface area contributed by atoms with E-state index in [0.717, 1.165) is 22.2 Å². The smallest absolute Gasteiger partial charge is 0.259 e. The maximum atomic E-state index is 12.6. The van der Waals surface area contributed by atoms with Crippen LogP contribution in [-0.2, 0) is 11.3 Å². The summed E-state index contributed by atoms with van der Waals surface area (Å²) in [6.07, 6.45) is 1.62. The van der Waals surface area contributed by atoms with Gasteiger partial charge in [-0.05, 0) is 49.2 Å². The molecule has 1 amide bonds. The number of rotatable bonds is 4. The molecule has 1 heterocycles. The second-order valence-electron chi connectivity index (χ2n) is 6.04. The van der Waals surface area contributed by atoms with Gasteiger partial charge in [0.25, 0.3) is 5.56 Å². The summed E-state index contributed by atoms with van der Waals surface area (Å²) in [6.45, 7) is 3.86. The number of benzene rings is 2. The van der Waals surface area contributed by atoms with Crippen LogP contribution in [-0.4, -0.2) is 17.6 Å². The first-order chi connectivity index (χ1) is 12.0. The normalized spacial score (nSPS) is 10.7. The lowest BCUT2D eigenvalue weighted by atomic mass is 10.1. The van der Waals surface area contributed by atoms with Gasteiger partial charge in [-0.1, -0.05) is 18.2 Å². The van der Waals surface area contributed by atoms with E-state index in [2.05, 4.69) is 5.32 Å². The Morgan fingerprint density at radius 3 is 2.68 bits per heavy atom. The van der Waals surface area contributed by atoms with Crippen LogP contribution in [0.1, 0.15) is 11.1 Å². The zero-order valence-electron chi connectivity index (χ0n) is 14.5. The number of aromatic nitrogens is 1. The zero-order valence-corrected chi connectivity index (χ0v) is 14.5. The van der Waals surface area contributed by atoms with Gasteiger partial charge >= 0.3 is 0 Å². The first-order valence-electron chi connectivity index (χ1n) is 8.03. The minimum Gasteiger partial charge on any atom is -0.496 e. The van der Waals surface area contributed by atoms with Crippen LogP contribution in [0.15, 0.2) is 53.5 Å². The van der Waals surface area contributed by atoms with E-state index in [-0.39, 0.29) is 18.0 Å². The van der Waals surface area contributed by atoms with Gasteiger partial charge in [-0.25, -0.2) is 0 Å². The van der Waals surface area contributed by atoms with E-state index >= 15 is 0 Å². The average molecular weight is 336 g/mol. The first kappa shape index (κ1) is 16.8. The van der Waals surface area contributed by atoms with Crippen molar-refractivity contribution in [2.45, 2.75) is 20.4 Å². The lowest BCUT2D eigenvalue weighted by Gasteiger charge is -2.12. The summed E-state index contributed by atoms with van der Waals surface area (Å²) in [4.78, 5) is 25.0. The molecule has 1 aromatic heterocycles. The molecule has 0 aliphatic carbocycles. The fourth-order valence-electron chi connectivity index (χ4n) is 2.81. The van der Waals surface area contributed by atoms with Gasteiger partial charge in [0.05, 0.1) is 12.5 Å². The van der Waals surface area contributed by atoms with Crippen molar-refractivity contribution in [3.05, 3.63) is 70.1 Å². The summed E-state index contributed by atoms with van der Waals surface area (Å²) < 4.78 is 6.68. The number of amides is 1. The van der Waals surface area contributed by atoms with Crippen molar-refractivity contribution in [3.63, 3.8) is 0 Å². The standard InChI is InChI=1S/C20H20N2O3/c1-13-7-8-14(2)17(11-13)21-19(23)12-22-10-9-15-16(20(22)24)5-4-6-18(15)25-3/h4-11H,12H2,1-3H3,(H,21,23). The number of ether oxygens (including phenoxy) is 1. The largest absolute Gasteiger partial charge is 0.496 e.